The number of nitrogens with zero attached hydrogens (tertiary/aromatic N) is 12. The first-order valence-corrected chi connectivity index (χ1v) is 49.6. The number of halogens is 5. The Kier molecular flexibility index (Phi) is 29.2. The molecule has 768 valence electrons. The van der Waals surface area contributed by atoms with Crippen molar-refractivity contribution in [3.63, 3.8) is 0 Å². The highest BCUT2D eigenvalue weighted by molar-refractivity contribution is 6.30. The van der Waals surface area contributed by atoms with Gasteiger partial charge in [-0.1, -0.05) is 79.5 Å². The van der Waals surface area contributed by atoms with E-state index in [1.807, 2.05) is 72.7 Å². The van der Waals surface area contributed by atoms with Gasteiger partial charge < -0.3 is 67.9 Å². The number of aromatic amines is 1. The summed E-state index contributed by atoms with van der Waals surface area (Å²) in [6, 6.07) is 40.0. The number of H-pyrrole nitrogens is 1. The lowest BCUT2D eigenvalue weighted by Gasteiger charge is -2.46. The molecule has 30 nitrogen and oxygen atoms in total. The summed E-state index contributed by atoms with van der Waals surface area (Å²) in [5.41, 5.74) is 9.80. The van der Waals surface area contributed by atoms with Crippen molar-refractivity contribution in [2.75, 3.05) is 63.8 Å². The van der Waals surface area contributed by atoms with Crippen LogP contribution in [-0.4, -0.2) is 210 Å². The van der Waals surface area contributed by atoms with Crippen molar-refractivity contribution in [3.05, 3.63) is 255 Å². The summed E-state index contributed by atoms with van der Waals surface area (Å²) >= 11 is 5.88. The number of aryl methyl sites for hydroxylation is 1. The summed E-state index contributed by atoms with van der Waals surface area (Å²) in [4.78, 5) is 149. The number of furan rings is 4. The second-order valence-corrected chi connectivity index (χ2v) is 43.0. The average Bonchev–Trinajstić information content (AvgIpc) is 1.62. The van der Waals surface area contributed by atoms with Gasteiger partial charge in [0.15, 0.2) is 45.4 Å². The number of rotatable bonds is 16. The number of carbonyl (C=O) groups excluding carboxylic acids is 8. The average molecular weight is 2030 g/mol. The van der Waals surface area contributed by atoms with Crippen molar-refractivity contribution in [2.45, 2.75) is 220 Å². The van der Waals surface area contributed by atoms with Crippen LogP contribution in [0.4, 0.5) is 23.2 Å². The summed E-state index contributed by atoms with van der Waals surface area (Å²) < 4.78 is 79.3. The first-order valence-electron chi connectivity index (χ1n) is 49.2. The third-order valence-corrected chi connectivity index (χ3v) is 28.6. The van der Waals surface area contributed by atoms with Crippen molar-refractivity contribution in [1.82, 2.24) is 70.3 Å². The van der Waals surface area contributed by atoms with Gasteiger partial charge in [-0.15, -0.1) is 0 Å². The van der Waals surface area contributed by atoms with Crippen LogP contribution in [0.15, 0.2) is 182 Å². The molecule has 4 saturated heterocycles. The van der Waals surface area contributed by atoms with Crippen LogP contribution in [0.2, 0.25) is 5.02 Å². The molecule has 4 aliphatic heterocycles. The lowest BCUT2D eigenvalue weighted by molar-refractivity contribution is -0.133. The predicted molar refractivity (Wildman–Crippen MR) is 549 cm³/mol. The Labute approximate surface area is 852 Å². The zero-order valence-corrected chi connectivity index (χ0v) is 86.3. The molecule has 19 rings (SSSR count). The maximum absolute atomic E-state index is 14.2. The highest BCUT2D eigenvalue weighted by atomic mass is 35.5. The fourth-order valence-corrected chi connectivity index (χ4v) is 19.8. The van der Waals surface area contributed by atoms with Crippen molar-refractivity contribution in [3.8, 4) is 45.0 Å². The molecule has 35 heteroatoms. The molecular formula is C112H120ClF4N15O15. The molecule has 4 aromatic carbocycles. The molecule has 0 spiro atoms. The van der Waals surface area contributed by atoms with E-state index < -0.39 is 39.5 Å². The molecule has 5 fully saturated rings. The number of nitrogens with one attached hydrogen (secondary N) is 3. The van der Waals surface area contributed by atoms with Crippen molar-refractivity contribution in [2.24, 2.45) is 0 Å². The Hall–Kier alpha value is -14.8. The van der Waals surface area contributed by atoms with Crippen LogP contribution >= 0.6 is 11.6 Å². The highest BCUT2D eigenvalue weighted by Gasteiger charge is 2.49. The van der Waals surface area contributed by atoms with Gasteiger partial charge in [0, 0.05) is 134 Å². The molecule has 1 aliphatic carbocycles. The van der Waals surface area contributed by atoms with Crippen LogP contribution in [0.5, 0.6) is 0 Å². The number of aliphatic hydroxyl groups is 1. The molecule has 14 aromatic rings. The van der Waals surface area contributed by atoms with Gasteiger partial charge in [0.25, 0.3) is 35.4 Å². The molecule has 5 N–H and O–H groups in total. The van der Waals surface area contributed by atoms with E-state index in [2.05, 4.69) is 60.4 Å². The van der Waals surface area contributed by atoms with Crippen LogP contribution in [0.3, 0.4) is 0 Å². The fraction of sp³-hybridized carbons (Fsp3) is 0.384. The van der Waals surface area contributed by atoms with E-state index in [1.54, 1.807) is 139 Å². The van der Waals surface area contributed by atoms with E-state index in [-0.39, 0.29) is 146 Å². The van der Waals surface area contributed by atoms with Gasteiger partial charge in [-0.25, -0.2) is 47.3 Å². The summed E-state index contributed by atoms with van der Waals surface area (Å²) in [6.45, 7) is 37.3. The number of hydrogen-bond acceptors (Lipinski definition) is 20. The molecule has 8 amide bonds. The van der Waals surface area contributed by atoms with E-state index in [1.165, 1.54) is 71.8 Å². The Morgan fingerprint density at radius 3 is 1.36 bits per heavy atom. The van der Waals surface area contributed by atoms with Gasteiger partial charge in [-0.05, 0) is 252 Å². The first-order chi connectivity index (χ1) is 69.3. The first kappa shape index (κ1) is 105. The molecular weight excluding hydrogens is 1910 g/mol. The number of aromatic nitrogens is 7. The molecule has 147 heavy (non-hydrogen) atoms. The van der Waals surface area contributed by atoms with Crippen LogP contribution in [0.1, 0.15) is 265 Å². The number of anilines is 1. The Balaban J connectivity index is 0.000000141. The van der Waals surface area contributed by atoms with Crippen molar-refractivity contribution in [1.29, 1.82) is 0 Å². The van der Waals surface area contributed by atoms with Gasteiger partial charge >= 0.3 is 5.97 Å². The second kappa shape index (κ2) is 40.9. The summed E-state index contributed by atoms with van der Waals surface area (Å²) in [5, 5.41) is 32.0. The van der Waals surface area contributed by atoms with Crippen LogP contribution < -0.4 is 15.5 Å². The van der Waals surface area contributed by atoms with Crippen LogP contribution in [0.25, 0.3) is 89.4 Å². The van der Waals surface area contributed by atoms with Gasteiger partial charge in [0.1, 0.15) is 67.6 Å². The summed E-state index contributed by atoms with van der Waals surface area (Å²) in [5.74, 6) is -4.05. The number of carbonyl (C=O) groups is 9. The molecule has 0 radical (unpaired) electrons. The van der Waals surface area contributed by atoms with E-state index >= 15 is 0 Å². The number of amides is 8. The number of fused-ring (bicyclic) bond motifs is 4. The molecule has 10 aromatic heterocycles. The zero-order valence-electron chi connectivity index (χ0n) is 85.5. The zero-order chi connectivity index (χ0) is 106. The number of aromatic carboxylic acids is 1. The standard InChI is InChI=1S/C31H30ClFN4O5.C28H30FN5O3.C27H30FN3O4.C26H30FN3O3/c1-30(2,3)19-13-23(17-6-8-20(32)21(33)12-17)35-24-14-25(42-26(19)24)28(39)37-11-10-36(16-31(37,4)5)27(38)18-7-9-22(29(40)41)34-15-18;1-16-22(15-30-32-16)33-11-12-34(28(5,6)26(33)36)25(35)23-14-21-24(37-23)19(27(2,3)4)13-20(31-21)17-7-9-18(29)10-8-17;1-26(2)25(33)29-12-13-31(26)24(32)22-15-21-23(35-22)19(16-8-10-27(3,34)11-9-16)14-20(30-21)17-4-6-18(28)7-5-17;1-5-7-16(6-2)19-14-20(17-8-10-18(27)11-9-17)29-21-15-22(33-23(19)21)24(31)30-13-12-28-25(32)26(30,3)4/h6-9,12-15H,10-11,16H2,1-5H3,(H,40,41);7-10,13-15H,11-12H2,1-6H3,(H,30,32);4-7,14-16,34H,8-13H2,1-3H3,(H,29,33);8-11,14-16H,5-7,12-13H2,1-4H3,(H,28,32). The third kappa shape index (κ3) is 21.6. The number of piperazine rings is 4. The highest BCUT2D eigenvalue weighted by Crippen LogP contribution is 2.46. The smallest absolute Gasteiger partial charge is 0.354 e. The van der Waals surface area contributed by atoms with Gasteiger partial charge in [0.2, 0.25) is 11.8 Å². The molecule has 0 bridgehead atoms. The summed E-state index contributed by atoms with van der Waals surface area (Å²) in [7, 11) is 0. The van der Waals surface area contributed by atoms with E-state index in [0.29, 0.717) is 131 Å². The van der Waals surface area contributed by atoms with E-state index in [0.717, 1.165) is 76.7 Å². The quantitative estimate of drug-likeness (QED) is 0.0561. The number of carboxylic acid groups (broad SMARTS) is 1. The molecule has 5 aliphatic rings. The molecule has 1 atom stereocenters. The fourth-order valence-electron chi connectivity index (χ4n) is 19.7. The number of benzene rings is 4. The largest absolute Gasteiger partial charge is 0.477 e. The molecule has 1 unspecified atom stereocenters. The van der Waals surface area contributed by atoms with Gasteiger partial charge in [-0.3, -0.25) is 43.5 Å². The Bertz CT molecular complexity index is 7450. The van der Waals surface area contributed by atoms with Gasteiger partial charge in [0.05, 0.1) is 62.1 Å². The van der Waals surface area contributed by atoms with Crippen molar-refractivity contribution < 1.29 is 88.6 Å². The minimum Gasteiger partial charge on any atom is -0.477 e. The normalized spacial score (nSPS) is 17.9. The minimum absolute atomic E-state index is 0.0178. The SMILES string of the molecule is CC(C)(C)c1cc(-c2ccc(Cl)c(F)c2)nc2cc(C(=O)N3CCN(C(=O)c4ccc(C(=O)O)nc4)CC3(C)C)oc12.CC1(O)CCC(c2cc(-c3ccc(F)cc3)nc3cc(C(=O)N4CCNC(=O)C4(C)C)oc23)CC1.CCCC(CC)c1cc(-c2ccc(F)cc2)nc2cc(C(=O)N3CCNC(=O)C3(C)C)oc12.Cc1[nH]ncc1N1CCN(C(=O)c2cc3nc(-c4ccc(F)cc4)cc(C(C)(C)C)c3o2)C(C)(C)C1=O. The topological polar surface area (TPSA) is 383 Å². The second-order valence-electron chi connectivity index (χ2n) is 42.5. The third-order valence-electron chi connectivity index (χ3n) is 28.3. The molecule has 14 heterocycles. The van der Waals surface area contributed by atoms with E-state index in [9.17, 15) is 65.8 Å². The lowest BCUT2D eigenvalue weighted by Crippen LogP contribution is -2.64. The number of pyridine rings is 5. The van der Waals surface area contributed by atoms with E-state index in [4.69, 9.17) is 54.3 Å². The predicted octanol–water partition coefficient (Wildman–Crippen LogP) is 21.0. The lowest BCUT2D eigenvalue weighted by atomic mass is 9.77. The van der Waals surface area contributed by atoms with Gasteiger partial charge in [-0.2, -0.15) is 5.10 Å². The maximum Gasteiger partial charge on any atom is 0.354 e. The van der Waals surface area contributed by atoms with Crippen LogP contribution in [0, 0.1) is 30.2 Å². The minimum atomic E-state index is -1.17. The Morgan fingerprint density at radius 1 is 0.497 bits per heavy atom. The monoisotopic (exact) mass is 2030 g/mol. The molecule has 1 saturated carbocycles. The Morgan fingerprint density at radius 2 is 0.925 bits per heavy atom. The number of carboxylic acids is 1. The van der Waals surface area contributed by atoms with Crippen LogP contribution in [-0.2, 0) is 25.2 Å². The van der Waals surface area contributed by atoms with Crippen molar-refractivity contribution >= 4 is 115 Å². The summed E-state index contributed by atoms with van der Waals surface area (Å²) in [6.07, 6.45) is 8.65. The maximum atomic E-state index is 14.2. The number of hydrogen-bond donors (Lipinski definition) is 5.